The molecule has 0 heterocycles. The van der Waals surface area contributed by atoms with Crippen LogP contribution in [0, 0.1) is 9.93 Å². The van der Waals surface area contributed by atoms with Crippen LogP contribution in [-0.4, -0.2) is 16.4 Å². The molecule has 0 amide bonds. The molecule has 5 nitrogen and oxygen atoms in total. The van der Waals surface area contributed by atoms with Gasteiger partial charge in [-0.2, -0.15) is 0 Å². The lowest BCUT2D eigenvalue weighted by Gasteiger charge is -1.60. The normalized spacial score (nSPS) is 4.67. The molecule has 0 fully saturated rings. The molecule has 0 unspecified atom stereocenters. The van der Waals surface area contributed by atoms with Gasteiger partial charge in [-0.1, -0.05) is 0 Å². The van der Waals surface area contributed by atoms with E-state index in [0.717, 1.165) is 0 Å². The highest BCUT2D eigenvalue weighted by molar-refractivity contribution is 5.53. The zero-order valence-corrected chi connectivity index (χ0v) is 2.62. The Balaban J connectivity index is 0. The van der Waals surface area contributed by atoms with Gasteiger partial charge < -0.3 is 10.2 Å². The lowest BCUT2D eigenvalue weighted by molar-refractivity contribution is 0.137. The van der Waals surface area contributed by atoms with Gasteiger partial charge in [-0.25, -0.2) is 4.79 Å². The quantitative estimate of drug-likeness (QED) is 0.450. The third-order valence-electron chi connectivity index (χ3n) is 0. The average molecular weight is 94.0 g/mol. The van der Waals surface area contributed by atoms with Crippen LogP contribution < -0.4 is 0 Å². The standard InChI is InChI=1S/CH2O3.O2/c2-1(3)4;1-2/h(H2,2,3,4);. The van der Waals surface area contributed by atoms with Crippen molar-refractivity contribution >= 4 is 6.16 Å². The number of rotatable bonds is 0. The van der Waals surface area contributed by atoms with Crippen molar-refractivity contribution in [3.05, 3.63) is 9.93 Å². The molecule has 2 N–H and O–H groups in total. The first-order chi connectivity index (χ1) is 2.73. The second-order valence-electron chi connectivity index (χ2n) is 0.283. The predicted molar refractivity (Wildman–Crippen MR) is 17.4 cm³/mol. The fourth-order valence-electron chi connectivity index (χ4n) is 0. The van der Waals surface area contributed by atoms with Crippen LogP contribution in [0.2, 0.25) is 0 Å². The predicted octanol–water partition coefficient (Wildman–Crippen LogP) is 0.289. The Hall–Kier alpha value is -1.13. The third kappa shape index (κ3) is 7.86. The van der Waals surface area contributed by atoms with E-state index in [1.54, 1.807) is 0 Å². The first-order valence-electron chi connectivity index (χ1n) is 0.818. The Labute approximate surface area is 32.4 Å². The number of carbonyl (C=O) groups is 1. The van der Waals surface area contributed by atoms with Gasteiger partial charge in [0.25, 0.3) is 0 Å². The fourth-order valence-corrected chi connectivity index (χ4v) is 0. The van der Waals surface area contributed by atoms with Crippen molar-refractivity contribution in [3.63, 3.8) is 0 Å². The largest absolute Gasteiger partial charge is 0.503 e. The molecular formula is CH2O5. The molecule has 6 heavy (non-hydrogen) atoms. The lowest BCUT2D eigenvalue weighted by Crippen LogP contribution is -1.81. The van der Waals surface area contributed by atoms with Gasteiger partial charge in [-0.15, -0.1) is 0 Å². The Kier molecular flexibility index (Phi) is 13.5. The highest BCUT2D eigenvalue weighted by atomic mass is 16.7. The van der Waals surface area contributed by atoms with Gasteiger partial charge in [0.05, 0.1) is 0 Å². The highest BCUT2D eigenvalue weighted by Gasteiger charge is 1.70. The average Bonchev–Trinajstić information content (AvgIpc) is 1.41. The Bertz CT molecular complexity index is 35.2. The molecule has 0 atom stereocenters. The minimum Gasteiger partial charge on any atom is -0.450 e. The van der Waals surface area contributed by atoms with Crippen LogP contribution in [0.25, 0.3) is 0 Å². The van der Waals surface area contributed by atoms with Crippen molar-refractivity contribution in [2.45, 2.75) is 0 Å². The molecule has 0 aromatic carbocycles. The van der Waals surface area contributed by atoms with Gasteiger partial charge in [0.15, 0.2) is 0 Å². The lowest BCUT2D eigenvalue weighted by atomic mass is 11.5. The summed E-state index contributed by atoms with van der Waals surface area (Å²) in [5.41, 5.74) is 0. The molecule has 0 aliphatic rings. The summed E-state index contributed by atoms with van der Waals surface area (Å²) in [6.07, 6.45) is -1.83. The Morgan fingerprint density at radius 1 is 1.17 bits per heavy atom. The van der Waals surface area contributed by atoms with E-state index >= 15 is 0 Å². The van der Waals surface area contributed by atoms with Crippen molar-refractivity contribution in [1.82, 2.24) is 0 Å². The number of hydrogen-bond acceptors (Lipinski definition) is 3. The minimum atomic E-state index is -1.83. The summed E-state index contributed by atoms with van der Waals surface area (Å²) in [6, 6.07) is 0. The molecule has 0 saturated heterocycles. The van der Waals surface area contributed by atoms with Crippen LogP contribution in [0.3, 0.4) is 0 Å². The van der Waals surface area contributed by atoms with E-state index in [1.807, 2.05) is 0 Å². The molecule has 0 aromatic heterocycles. The van der Waals surface area contributed by atoms with Crippen molar-refractivity contribution in [2.75, 3.05) is 0 Å². The van der Waals surface area contributed by atoms with Gasteiger partial charge in [0, 0.05) is 9.93 Å². The summed E-state index contributed by atoms with van der Waals surface area (Å²) in [6.45, 7) is 0. The van der Waals surface area contributed by atoms with Crippen molar-refractivity contribution in [1.29, 1.82) is 0 Å². The van der Waals surface area contributed by atoms with E-state index in [2.05, 4.69) is 0 Å². The molecule has 0 spiro atoms. The monoisotopic (exact) mass is 94.0 g/mol. The maximum Gasteiger partial charge on any atom is 0.503 e. The number of hydrogen-bond donors (Lipinski definition) is 2. The third-order valence-corrected chi connectivity index (χ3v) is 0. The summed E-state index contributed by atoms with van der Waals surface area (Å²) in [5.74, 6) is 0. The minimum absolute atomic E-state index is 1.83. The van der Waals surface area contributed by atoms with Crippen molar-refractivity contribution < 1.29 is 15.0 Å². The van der Waals surface area contributed by atoms with Crippen LogP contribution in [0.4, 0.5) is 4.79 Å². The van der Waals surface area contributed by atoms with E-state index in [9.17, 15) is 0 Å². The molecule has 0 aliphatic heterocycles. The zero-order valence-electron chi connectivity index (χ0n) is 2.62. The molecular weight excluding hydrogens is 92.0 g/mol. The van der Waals surface area contributed by atoms with Crippen molar-refractivity contribution in [2.24, 2.45) is 0 Å². The second kappa shape index (κ2) is 9.12. The first kappa shape index (κ1) is 8.85. The fraction of sp³-hybridized carbons (Fsp3) is 0. The Morgan fingerprint density at radius 2 is 1.17 bits per heavy atom. The first-order valence-corrected chi connectivity index (χ1v) is 0.818. The summed E-state index contributed by atoms with van der Waals surface area (Å²) in [7, 11) is 0. The topological polar surface area (TPSA) is 91.7 Å². The van der Waals surface area contributed by atoms with E-state index in [0.29, 0.717) is 0 Å². The van der Waals surface area contributed by atoms with E-state index < -0.39 is 6.16 Å². The van der Waals surface area contributed by atoms with Crippen LogP contribution in [0.5, 0.6) is 0 Å². The van der Waals surface area contributed by atoms with Gasteiger partial charge >= 0.3 is 6.16 Å². The zero-order chi connectivity index (χ0) is 5.58. The maximum atomic E-state index is 8.56. The van der Waals surface area contributed by atoms with E-state index in [1.165, 1.54) is 0 Å². The highest BCUT2D eigenvalue weighted by Crippen LogP contribution is 1.42. The molecule has 0 aliphatic carbocycles. The SMILES string of the molecule is O=C(O)O.O=O. The summed E-state index contributed by atoms with van der Waals surface area (Å²) >= 11 is 0. The van der Waals surface area contributed by atoms with E-state index in [-0.39, 0.29) is 0 Å². The van der Waals surface area contributed by atoms with Gasteiger partial charge in [0.2, 0.25) is 0 Å². The van der Waals surface area contributed by atoms with Crippen LogP contribution in [-0.2, 0) is 0 Å². The second-order valence-corrected chi connectivity index (χ2v) is 0.283. The molecule has 0 aromatic rings. The Morgan fingerprint density at radius 3 is 1.17 bits per heavy atom. The summed E-state index contributed by atoms with van der Waals surface area (Å²) in [4.78, 5) is 22.6. The van der Waals surface area contributed by atoms with E-state index in [4.69, 9.17) is 24.9 Å². The van der Waals surface area contributed by atoms with Crippen LogP contribution >= 0.6 is 0 Å². The molecule has 0 bridgehead atoms. The molecule has 0 rings (SSSR count). The summed E-state index contributed by atoms with van der Waals surface area (Å²) in [5, 5.41) is 13.9. The van der Waals surface area contributed by atoms with Crippen LogP contribution in [0.15, 0.2) is 0 Å². The number of carboxylic acid groups (broad SMARTS) is 2. The smallest absolute Gasteiger partial charge is 0.450 e. The van der Waals surface area contributed by atoms with Gasteiger partial charge in [-0.05, 0) is 0 Å². The molecule has 0 saturated carbocycles. The van der Waals surface area contributed by atoms with Gasteiger partial charge in [-0.3, -0.25) is 0 Å². The molecule has 36 valence electrons. The van der Waals surface area contributed by atoms with Crippen LogP contribution in [0.1, 0.15) is 0 Å². The summed E-state index contributed by atoms with van der Waals surface area (Å²) < 4.78 is 0. The van der Waals surface area contributed by atoms with Crippen molar-refractivity contribution in [3.8, 4) is 0 Å². The maximum absolute atomic E-state index is 8.56. The molecule has 0 radical (unpaired) electrons. The van der Waals surface area contributed by atoms with Gasteiger partial charge in [0.1, 0.15) is 0 Å². The molecule has 5 heteroatoms.